The summed E-state index contributed by atoms with van der Waals surface area (Å²) in [5.41, 5.74) is 0. The summed E-state index contributed by atoms with van der Waals surface area (Å²) in [6, 6.07) is 0.168. The number of hydrogen-bond donors (Lipinski definition) is 0. The van der Waals surface area contributed by atoms with Gasteiger partial charge in [-0.05, 0) is 19.9 Å². The van der Waals surface area contributed by atoms with Crippen molar-refractivity contribution in [3.05, 3.63) is 0 Å². The van der Waals surface area contributed by atoms with E-state index in [0.717, 1.165) is 19.8 Å². The van der Waals surface area contributed by atoms with Gasteiger partial charge in [0.05, 0.1) is 6.54 Å². The number of carbonyl (C=O) groups is 1. The molecule has 0 unspecified atom stereocenters. The third-order valence-electron chi connectivity index (χ3n) is 3.06. The molecule has 5 heteroatoms. The smallest absolute Gasteiger partial charge is 0.257 e. The highest BCUT2D eigenvalue weighted by molar-refractivity contribution is 5.73. The third-order valence-corrected chi connectivity index (χ3v) is 3.06. The van der Waals surface area contributed by atoms with Gasteiger partial charge in [0.15, 0.2) is 0 Å². The number of piperidine rings is 1. The number of carbonyl (C=O) groups excluding carboxylic acids is 1. The topological polar surface area (TPSA) is 23.6 Å². The zero-order valence-corrected chi connectivity index (χ0v) is 10.2. The summed E-state index contributed by atoms with van der Waals surface area (Å²) in [6.45, 7) is 3.63. The number of nitrogens with zero attached hydrogens (tertiary/aromatic N) is 2. The molecule has 1 amide bonds. The molecule has 0 aromatic rings. The molecule has 94 valence electrons. The summed E-state index contributed by atoms with van der Waals surface area (Å²) in [5, 5.41) is 0. The second-order valence-electron chi connectivity index (χ2n) is 4.72. The Bertz CT molecular complexity index is 245. The van der Waals surface area contributed by atoms with E-state index in [1.165, 1.54) is 0 Å². The van der Waals surface area contributed by atoms with Crippen LogP contribution < -0.4 is 0 Å². The number of halogens is 2. The largest absolute Gasteiger partial charge is 0.343 e. The van der Waals surface area contributed by atoms with E-state index in [1.807, 2.05) is 0 Å². The SMILES string of the molecule is CC(=O)N1CCC(N(C)CC(C)(F)F)CC1. The van der Waals surface area contributed by atoms with Crippen molar-refractivity contribution in [2.45, 2.75) is 38.7 Å². The molecular weight excluding hydrogens is 214 g/mol. The molecule has 1 rings (SSSR count). The second-order valence-corrected chi connectivity index (χ2v) is 4.72. The number of likely N-dealkylation sites (tertiary alicyclic amines) is 1. The van der Waals surface area contributed by atoms with Gasteiger partial charge in [-0.15, -0.1) is 0 Å². The lowest BCUT2D eigenvalue weighted by molar-refractivity contribution is -0.130. The molecule has 0 atom stereocenters. The first-order valence-electron chi connectivity index (χ1n) is 5.63. The first kappa shape index (κ1) is 13.4. The maximum absolute atomic E-state index is 12.8. The number of alkyl halides is 2. The van der Waals surface area contributed by atoms with Crippen molar-refractivity contribution >= 4 is 5.91 Å². The molecule has 1 aliphatic rings. The van der Waals surface area contributed by atoms with E-state index < -0.39 is 5.92 Å². The quantitative estimate of drug-likeness (QED) is 0.740. The molecule has 16 heavy (non-hydrogen) atoms. The van der Waals surface area contributed by atoms with Crippen LogP contribution in [-0.4, -0.2) is 54.4 Å². The van der Waals surface area contributed by atoms with Gasteiger partial charge in [-0.2, -0.15) is 0 Å². The van der Waals surface area contributed by atoms with E-state index in [4.69, 9.17) is 0 Å². The van der Waals surface area contributed by atoms with Crippen LogP contribution in [-0.2, 0) is 4.79 Å². The summed E-state index contributed by atoms with van der Waals surface area (Å²) >= 11 is 0. The number of hydrogen-bond acceptors (Lipinski definition) is 2. The molecule has 3 nitrogen and oxygen atoms in total. The maximum Gasteiger partial charge on any atom is 0.257 e. The Hall–Kier alpha value is -0.710. The highest BCUT2D eigenvalue weighted by atomic mass is 19.3. The molecule has 0 aliphatic carbocycles. The average molecular weight is 234 g/mol. The summed E-state index contributed by atoms with van der Waals surface area (Å²) in [6.07, 6.45) is 1.57. The van der Waals surface area contributed by atoms with Gasteiger partial charge in [-0.3, -0.25) is 9.69 Å². The predicted octanol–water partition coefficient (Wildman–Crippen LogP) is 1.58. The van der Waals surface area contributed by atoms with Crippen molar-refractivity contribution < 1.29 is 13.6 Å². The monoisotopic (exact) mass is 234 g/mol. The lowest BCUT2D eigenvalue weighted by Crippen LogP contribution is -2.47. The van der Waals surface area contributed by atoms with Gasteiger partial charge in [-0.25, -0.2) is 8.78 Å². The molecule has 1 saturated heterocycles. The van der Waals surface area contributed by atoms with Gasteiger partial charge in [0.1, 0.15) is 0 Å². The van der Waals surface area contributed by atoms with E-state index in [0.29, 0.717) is 13.1 Å². The van der Waals surface area contributed by atoms with Crippen molar-refractivity contribution in [1.82, 2.24) is 9.80 Å². The highest BCUT2D eigenvalue weighted by Gasteiger charge is 2.29. The third kappa shape index (κ3) is 4.04. The molecule has 0 saturated carbocycles. The molecule has 1 fully saturated rings. The second kappa shape index (κ2) is 5.08. The minimum atomic E-state index is -2.65. The minimum Gasteiger partial charge on any atom is -0.343 e. The van der Waals surface area contributed by atoms with Crippen molar-refractivity contribution in [2.75, 3.05) is 26.7 Å². The molecule has 0 radical (unpaired) electrons. The number of amides is 1. The van der Waals surface area contributed by atoms with E-state index in [1.54, 1.807) is 23.8 Å². The molecule has 0 bridgehead atoms. The predicted molar refractivity (Wildman–Crippen MR) is 58.5 cm³/mol. The van der Waals surface area contributed by atoms with Gasteiger partial charge in [0.2, 0.25) is 5.91 Å². The summed E-state index contributed by atoms with van der Waals surface area (Å²) in [7, 11) is 1.73. The van der Waals surface area contributed by atoms with Gasteiger partial charge < -0.3 is 4.90 Å². The molecule has 0 spiro atoms. The van der Waals surface area contributed by atoms with E-state index in [2.05, 4.69) is 0 Å². The summed E-state index contributed by atoms with van der Waals surface area (Å²) in [5.74, 6) is -2.58. The Kier molecular flexibility index (Phi) is 4.24. The van der Waals surface area contributed by atoms with Crippen LogP contribution in [0.1, 0.15) is 26.7 Å². The van der Waals surface area contributed by atoms with Crippen LogP contribution in [0.3, 0.4) is 0 Å². The average Bonchev–Trinajstić information content (AvgIpc) is 2.15. The molecule has 1 heterocycles. The Balaban J connectivity index is 2.39. The Morgan fingerprint density at radius 2 is 1.94 bits per heavy atom. The first-order chi connectivity index (χ1) is 7.29. The van der Waals surface area contributed by atoms with E-state index >= 15 is 0 Å². The standard InChI is InChI=1S/C11H20F2N2O/c1-9(16)15-6-4-10(5-7-15)14(3)8-11(2,12)13/h10H,4-8H2,1-3H3. The fourth-order valence-electron chi connectivity index (χ4n) is 2.19. The van der Waals surface area contributed by atoms with Crippen molar-refractivity contribution in [1.29, 1.82) is 0 Å². The Labute approximate surface area is 95.4 Å². The van der Waals surface area contributed by atoms with Crippen LogP contribution in [0.25, 0.3) is 0 Å². The van der Waals surface area contributed by atoms with Crippen LogP contribution in [0, 0.1) is 0 Å². The van der Waals surface area contributed by atoms with E-state index in [-0.39, 0.29) is 18.5 Å². The zero-order chi connectivity index (χ0) is 12.3. The zero-order valence-electron chi connectivity index (χ0n) is 10.2. The Morgan fingerprint density at radius 3 is 2.31 bits per heavy atom. The van der Waals surface area contributed by atoms with Gasteiger partial charge in [0.25, 0.3) is 5.92 Å². The van der Waals surface area contributed by atoms with E-state index in [9.17, 15) is 13.6 Å². The van der Waals surface area contributed by atoms with Crippen LogP contribution in [0.15, 0.2) is 0 Å². The van der Waals surface area contributed by atoms with Crippen molar-refractivity contribution in [2.24, 2.45) is 0 Å². The van der Waals surface area contributed by atoms with Gasteiger partial charge in [0, 0.05) is 33.0 Å². The summed E-state index contributed by atoms with van der Waals surface area (Å²) < 4.78 is 25.7. The molecular formula is C11H20F2N2O. The molecule has 0 N–H and O–H groups in total. The molecule has 0 aromatic carbocycles. The minimum absolute atomic E-state index is 0.0712. The normalized spacial score (nSPS) is 19.2. The number of rotatable bonds is 3. The Morgan fingerprint density at radius 1 is 1.44 bits per heavy atom. The fourth-order valence-corrected chi connectivity index (χ4v) is 2.19. The highest BCUT2D eigenvalue weighted by Crippen LogP contribution is 2.20. The van der Waals surface area contributed by atoms with Gasteiger partial charge in [-0.1, -0.05) is 0 Å². The lowest BCUT2D eigenvalue weighted by Gasteiger charge is -2.37. The van der Waals surface area contributed by atoms with Crippen LogP contribution in [0.5, 0.6) is 0 Å². The van der Waals surface area contributed by atoms with Crippen LogP contribution in [0.4, 0.5) is 8.78 Å². The van der Waals surface area contributed by atoms with Gasteiger partial charge >= 0.3 is 0 Å². The maximum atomic E-state index is 12.8. The summed E-state index contributed by atoms with van der Waals surface area (Å²) in [4.78, 5) is 14.6. The molecule has 0 aromatic heterocycles. The van der Waals surface area contributed by atoms with Crippen molar-refractivity contribution in [3.8, 4) is 0 Å². The lowest BCUT2D eigenvalue weighted by atomic mass is 10.0. The molecule has 1 aliphatic heterocycles. The van der Waals surface area contributed by atoms with Crippen LogP contribution in [0.2, 0.25) is 0 Å². The van der Waals surface area contributed by atoms with Crippen molar-refractivity contribution in [3.63, 3.8) is 0 Å². The fraction of sp³-hybridized carbons (Fsp3) is 0.909. The first-order valence-corrected chi connectivity index (χ1v) is 5.63. The van der Waals surface area contributed by atoms with Crippen LogP contribution >= 0.6 is 0 Å².